The van der Waals surface area contributed by atoms with E-state index in [4.69, 9.17) is 28.7 Å². The molecule has 1 heterocycles. The quantitative estimate of drug-likeness (QED) is 0.699. The molecule has 0 aliphatic carbocycles. The molecule has 0 bridgehead atoms. The number of aliphatic imine (C=N–C) groups is 1. The highest BCUT2D eigenvalue weighted by atomic mass is 35.5. The van der Waals surface area contributed by atoms with Crippen molar-refractivity contribution in [1.29, 1.82) is 0 Å². The zero-order valence-corrected chi connectivity index (χ0v) is 17.6. The molecule has 0 N–H and O–H groups in total. The summed E-state index contributed by atoms with van der Waals surface area (Å²) in [6, 6.07) is 7.96. The highest BCUT2D eigenvalue weighted by Crippen LogP contribution is 2.39. The molecule has 0 saturated heterocycles. The number of benzene rings is 2. The van der Waals surface area contributed by atoms with Crippen LogP contribution in [0.5, 0.6) is 28.7 Å². The van der Waals surface area contributed by atoms with Crippen LogP contribution in [-0.2, 0) is 12.8 Å². The maximum atomic E-state index is 5.47. The highest BCUT2D eigenvalue weighted by molar-refractivity contribution is 6.04. The van der Waals surface area contributed by atoms with Crippen molar-refractivity contribution in [2.24, 2.45) is 4.99 Å². The van der Waals surface area contributed by atoms with Gasteiger partial charge in [-0.15, -0.1) is 12.4 Å². The second kappa shape index (κ2) is 9.55. The van der Waals surface area contributed by atoms with Gasteiger partial charge in [0.05, 0.1) is 35.5 Å². The minimum atomic E-state index is 0. The van der Waals surface area contributed by atoms with Gasteiger partial charge < -0.3 is 23.7 Å². The van der Waals surface area contributed by atoms with Crippen LogP contribution in [0.3, 0.4) is 0 Å². The zero-order chi connectivity index (χ0) is 19.4. The first-order chi connectivity index (χ1) is 13.1. The Balaban J connectivity index is 0.00000280. The molecular weight excluding hydrogens is 382 g/mol. The zero-order valence-electron chi connectivity index (χ0n) is 16.8. The Hall–Kier alpha value is -2.60. The molecule has 0 amide bonds. The fraction of sp³-hybridized carbons (Fsp3) is 0.381. The van der Waals surface area contributed by atoms with Gasteiger partial charge in [0.15, 0.2) is 23.0 Å². The molecule has 0 unspecified atom stereocenters. The number of rotatable bonds is 7. The number of methoxy groups -OCH3 is 5. The fourth-order valence-electron chi connectivity index (χ4n) is 3.37. The average Bonchev–Trinajstić information content (AvgIpc) is 2.72. The van der Waals surface area contributed by atoms with Gasteiger partial charge in [0.25, 0.3) is 0 Å². The molecule has 0 aromatic heterocycles. The molecule has 1 aliphatic heterocycles. The molecule has 0 fully saturated rings. The van der Waals surface area contributed by atoms with Crippen LogP contribution in [0.4, 0.5) is 0 Å². The fourth-order valence-corrected chi connectivity index (χ4v) is 3.37. The Kier molecular flexibility index (Phi) is 7.40. The molecule has 7 heteroatoms. The number of fused-ring (bicyclic) bond motifs is 1. The SMILES string of the molecule is COc1cc2c(cc1OC)C(Cc1cc(OC)c(OC)c(OC)c1)=NCC2.Cl. The largest absolute Gasteiger partial charge is 0.493 e. The lowest BCUT2D eigenvalue weighted by atomic mass is 9.93. The van der Waals surface area contributed by atoms with Gasteiger partial charge in [-0.3, -0.25) is 4.99 Å². The van der Waals surface area contributed by atoms with Crippen molar-refractivity contribution in [2.75, 3.05) is 42.1 Å². The lowest BCUT2D eigenvalue weighted by Crippen LogP contribution is -2.16. The van der Waals surface area contributed by atoms with Gasteiger partial charge in [0.2, 0.25) is 5.75 Å². The summed E-state index contributed by atoms with van der Waals surface area (Å²) in [6.45, 7) is 0.752. The van der Waals surface area contributed by atoms with Crippen molar-refractivity contribution in [1.82, 2.24) is 0 Å². The lowest BCUT2D eigenvalue weighted by Gasteiger charge is -2.20. The molecule has 3 rings (SSSR count). The first-order valence-corrected chi connectivity index (χ1v) is 8.72. The van der Waals surface area contributed by atoms with Crippen molar-refractivity contribution in [3.63, 3.8) is 0 Å². The molecule has 0 radical (unpaired) electrons. The van der Waals surface area contributed by atoms with Crippen molar-refractivity contribution in [3.05, 3.63) is 41.0 Å². The number of hydrogen-bond acceptors (Lipinski definition) is 6. The molecule has 152 valence electrons. The molecular formula is C21H26ClNO5. The minimum Gasteiger partial charge on any atom is -0.493 e. The van der Waals surface area contributed by atoms with Gasteiger partial charge in [-0.2, -0.15) is 0 Å². The van der Waals surface area contributed by atoms with E-state index in [1.54, 1.807) is 35.5 Å². The molecule has 2 aromatic rings. The van der Waals surface area contributed by atoms with Crippen molar-refractivity contribution in [2.45, 2.75) is 12.8 Å². The van der Waals surface area contributed by atoms with E-state index in [2.05, 4.69) is 0 Å². The van der Waals surface area contributed by atoms with Crippen molar-refractivity contribution in [3.8, 4) is 28.7 Å². The Morgan fingerprint density at radius 1 is 0.750 bits per heavy atom. The van der Waals surface area contributed by atoms with Gasteiger partial charge >= 0.3 is 0 Å². The van der Waals surface area contributed by atoms with Crippen LogP contribution in [-0.4, -0.2) is 47.8 Å². The molecule has 0 saturated carbocycles. The third kappa shape index (κ3) is 4.12. The van der Waals surface area contributed by atoms with Crippen LogP contribution in [0.25, 0.3) is 0 Å². The highest BCUT2D eigenvalue weighted by Gasteiger charge is 2.20. The second-order valence-electron chi connectivity index (χ2n) is 6.15. The molecule has 0 spiro atoms. The van der Waals surface area contributed by atoms with E-state index >= 15 is 0 Å². The van der Waals surface area contributed by atoms with E-state index in [1.165, 1.54) is 5.56 Å². The van der Waals surface area contributed by atoms with Crippen LogP contribution >= 0.6 is 12.4 Å². The maximum absolute atomic E-state index is 5.47. The lowest BCUT2D eigenvalue weighted by molar-refractivity contribution is 0.324. The Bertz CT molecular complexity index is 841. The molecule has 0 atom stereocenters. The van der Waals surface area contributed by atoms with Gasteiger partial charge in [0, 0.05) is 24.2 Å². The Morgan fingerprint density at radius 2 is 1.32 bits per heavy atom. The summed E-state index contributed by atoms with van der Waals surface area (Å²) in [5.74, 6) is 3.30. The van der Waals surface area contributed by atoms with Gasteiger partial charge in [0.1, 0.15) is 0 Å². The number of ether oxygens (including phenoxy) is 5. The normalized spacial score (nSPS) is 12.2. The number of hydrogen-bond donors (Lipinski definition) is 0. The van der Waals surface area contributed by atoms with E-state index in [9.17, 15) is 0 Å². The summed E-state index contributed by atoms with van der Waals surface area (Å²) >= 11 is 0. The molecule has 6 nitrogen and oxygen atoms in total. The van der Waals surface area contributed by atoms with Gasteiger partial charge in [-0.05, 0) is 41.8 Å². The Morgan fingerprint density at radius 3 is 1.86 bits per heavy atom. The third-order valence-corrected chi connectivity index (χ3v) is 4.70. The van der Waals surface area contributed by atoms with Crippen LogP contribution in [0, 0.1) is 0 Å². The van der Waals surface area contributed by atoms with E-state index in [1.807, 2.05) is 24.3 Å². The molecule has 28 heavy (non-hydrogen) atoms. The first kappa shape index (κ1) is 21.7. The standard InChI is InChI=1S/C21H25NO5.ClH/c1-23-17-11-14-6-7-22-16(15(14)12-18(17)24-2)8-13-9-19(25-3)21(27-5)20(10-13)26-4;/h9-12H,6-8H2,1-5H3;1H. The molecule has 2 aromatic carbocycles. The van der Waals surface area contributed by atoms with Gasteiger partial charge in [-0.25, -0.2) is 0 Å². The first-order valence-electron chi connectivity index (χ1n) is 8.72. The van der Waals surface area contributed by atoms with Crippen LogP contribution in [0.15, 0.2) is 29.3 Å². The van der Waals surface area contributed by atoms with E-state index in [-0.39, 0.29) is 12.4 Å². The Labute approximate surface area is 171 Å². The summed E-state index contributed by atoms with van der Waals surface area (Å²) in [6.07, 6.45) is 1.54. The summed E-state index contributed by atoms with van der Waals surface area (Å²) in [5, 5.41) is 0. The number of nitrogens with zero attached hydrogens (tertiary/aromatic N) is 1. The monoisotopic (exact) mass is 407 g/mol. The summed E-state index contributed by atoms with van der Waals surface area (Å²) in [5.41, 5.74) is 4.34. The third-order valence-electron chi connectivity index (χ3n) is 4.70. The minimum absolute atomic E-state index is 0. The van der Waals surface area contributed by atoms with Gasteiger partial charge in [-0.1, -0.05) is 0 Å². The van der Waals surface area contributed by atoms with E-state index in [0.29, 0.717) is 29.4 Å². The second-order valence-corrected chi connectivity index (χ2v) is 6.15. The van der Waals surface area contributed by atoms with E-state index in [0.717, 1.165) is 35.6 Å². The molecule has 1 aliphatic rings. The summed E-state index contributed by atoms with van der Waals surface area (Å²) in [4.78, 5) is 4.76. The topological polar surface area (TPSA) is 58.5 Å². The predicted molar refractivity (Wildman–Crippen MR) is 112 cm³/mol. The van der Waals surface area contributed by atoms with Crippen molar-refractivity contribution >= 4 is 18.1 Å². The summed E-state index contributed by atoms with van der Waals surface area (Å²) in [7, 11) is 8.12. The smallest absolute Gasteiger partial charge is 0.203 e. The predicted octanol–water partition coefficient (Wildman–Crippen LogP) is 3.74. The average molecular weight is 408 g/mol. The van der Waals surface area contributed by atoms with Crippen molar-refractivity contribution < 1.29 is 23.7 Å². The summed E-state index contributed by atoms with van der Waals surface area (Å²) < 4.78 is 27.2. The van der Waals surface area contributed by atoms with Crippen LogP contribution < -0.4 is 23.7 Å². The van der Waals surface area contributed by atoms with Crippen LogP contribution in [0.2, 0.25) is 0 Å². The maximum Gasteiger partial charge on any atom is 0.203 e. The van der Waals surface area contributed by atoms with E-state index < -0.39 is 0 Å². The van der Waals surface area contributed by atoms with Crippen LogP contribution in [0.1, 0.15) is 16.7 Å². The number of halogens is 1.